The largest absolute Gasteiger partial charge is 0.370 e. The Kier molecular flexibility index (Phi) is 3.78. The number of aliphatic imine (C=N–C) groups is 2. The number of nitrogens with two attached hydrogens (primary N) is 3. The van der Waals surface area contributed by atoms with E-state index in [0.717, 1.165) is 12.1 Å². The Morgan fingerprint density at radius 3 is 2.06 bits per heavy atom. The van der Waals surface area contributed by atoms with Crippen LogP contribution in [0.25, 0.3) is 0 Å². The number of rotatable bonds is 1. The summed E-state index contributed by atoms with van der Waals surface area (Å²) in [4.78, 5) is 7.01. The minimum Gasteiger partial charge on any atom is -0.370 e. The van der Waals surface area contributed by atoms with Crippen LogP contribution < -0.4 is 17.2 Å². The Morgan fingerprint density at radius 2 is 1.62 bits per heavy atom. The van der Waals surface area contributed by atoms with Gasteiger partial charge in [0.2, 0.25) is 5.96 Å². The predicted octanol–water partition coefficient (Wildman–Crippen LogP) is 0.947. The van der Waals surface area contributed by atoms with Crippen LogP contribution in [0, 0.1) is 11.6 Å². The molecule has 1 aromatic carbocycles. The van der Waals surface area contributed by atoms with E-state index >= 15 is 0 Å². The first kappa shape index (κ1) is 12.4. The molecule has 0 fully saturated rings. The fourth-order valence-electron chi connectivity index (χ4n) is 0.896. The molecule has 0 unspecified atom stereocenters. The van der Waals surface area contributed by atoms with E-state index in [0.29, 0.717) is 0 Å². The van der Waals surface area contributed by atoms with Gasteiger partial charge in [0.25, 0.3) is 0 Å². The summed E-state index contributed by atoms with van der Waals surface area (Å²) in [5.41, 5.74) is 15.3. The number of halogens is 3. The third-order valence-corrected chi connectivity index (χ3v) is 2.21. The molecular weight excluding hydrogens is 284 g/mol. The van der Waals surface area contributed by atoms with Gasteiger partial charge in [0, 0.05) is 12.1 Å². The fraction of sp³-hybridized carbons (Fsp3) is 0. The molecule has 0 saturated carbocycles. The zero-order valence-electron chi connectivity index (χ0n) is 7.92. The third-order valence-electron chi connectivity index (χ3n) is 1.46. The van der Waals surface area contributed by atoms with Crippen molar-refractivity contribution in [2.24, 2.45) is 27.2 Å². The van der Waals surface area contributed by atoms with Crippen LogP contribution in [0.1, 0.15) is 0 Å². The van der Waals surface area contributed by atoms with Crippen molar-refractivity contribution in [3.8, 4) is 0 Å². The molecule has 0 radical (unpaired) electrons. The Hall–Kier alpha value is -1.70. The van der Waals surface area contributed by atoms with Crippen molar-refractivity contribution < 1.29 is 8.78 Å². The van der Waals surface area contributed by atoms with Gasteiger partial charge in [-0.05, 0) is 15.9 Å². The van der Waals surface area contributed by atoms with Gasteiger partial charge in [-0.1, -0.05) is 0 Å². The van der Waals surface area contributed by atoms with Gasteiger partial charge >= 0.3 is 0 Å². The molecular formula is C8H8BrF2N5. The number of hydrogen-bond acceptors (Lipinski definition) is 1. The van der Waals surface area contributed by atoms with Gasteiger partial charge in [-0.2, -0.15) is 4.99 Å². The monoisotopic (exact) mass is 291 g/mol. The summed E-state index contributed by atoms with van der Waals surface area (Å²) in [7, 11) is 0. The molecule has 1 rings (SSSR count). The second-order valence-corrected chi connectivity index (χ2v) is 3.52. The molecule has 0 spiro atoms. The van der Waals surface area contributed by atoms with Crippen molar-refractivity contribution in [1.82, 2.24) is 0 Å². The summed E-state index contributed by atoms with van der Waals surface area (Å²) in [5, 5.41) is 0. The van der Waals surface area contributed by atoms with Crippen LogP contribution in [0.2, 0.25) is 0 Å². The average molecular weight is 292 g/mol. The smallest absolute Gasteiger partial charge is 0.223 e. The van der Waals surface area contributed by atoms with E-state index in [4.69, 9.17) is 17.2 Å². The molecule has 86 valence electrons. The molecule has 0 bridgehead atoms. The van der Waals surface area contributed by atoms with Crippen LogP contribution >= 0.6 is 15.9 Å². The van der Waals surface area contributed by atoms with Crippen LogP contribution in [0.15, 0.2) is 26.6 Å². The van der Waals surface area contributed by atoms with Crippen molar-refractivity contribution in [2.75, 3.05) is 0 Å². The van der Waals surface area contributed by atoms with E-state index < -0.39 is 11.6 Å². The van der Waals surface area contributed by atoms with E-state index in [1.165, 1.54) is 0 Å². The molecule has 16 heavy (non-hydrogen) atoms. The lowest BCUT2D eigenvalue weighted by Crippen LogP contribution is -2.26. The van der Waals surface area contributed by atoms with Gasteiger partial charge in [-0.25, -0.2) is 13.8 Å². The topological polar surface area (TPSA) is 103 Å². The number of hydrogen-bond donors (Lipinski definition) is 3. The SMILES string of the molecule is NC(N)=NC(N)=Nc1cc(F)c(Br)c(F)c1. The van der Waals surface area contributed by atoms with Crippen LogP contribution in [0.5, 0.6) is 0 Å². The summed E-state index contributed by atoms with van der Waals surface area (Å²) < 4.78 is 25.9. The normalized spacial score (nSPS) is 11.3. The molecule has 5 nitrogen and oxygen atoms in total. The van der Waals surface area contributed by atoms with Gasteiger partial charge in [0.1, 0.15) is 11.6 Å². The van der Waals surface area contributed by atoms with Crippen LogP contribution in [0.4, 0.5) is 14.5 Å². The molecule has 0 aliphatic rings. The van der Waals surface area contributed by atoms with Crippen molar-refractivity contribution in [1.29, 1.82) is 0 Å². The quantitative estimate of drug-likeness (QED) is 0.408. The van der Waals surface area contributed by atoms with Gasteiger partial charge < -0.3 is 17.2 Å². The zero-order valence-corrected chi connectivity index (χ0v) is 9.50. The Labute approximate surface area is 98.2 Å². The van der Waals surface area contributed by atoms with Crippen LogP contribution in [-0.4, -0.2) is 11.9 Å². The minimum atomic E-state index is -0.795. The minimum absolute atomic E-state index is 0.0271. The van der Waals surface area contributed by atoms with Gasteiger partial charge in [0.05, 0.1) is 10.2 Å². The summed E-state index contributed by atoms with van der Waals surface area (Å²) in [5.74, 6) is -2.17. The Bertz CT molecular complexity index is 444. The van der Waals surface area contributed by atoms with E-state index in [1.807, 2.05) is 0 Å². The highest BCUT2D eigenvalue weighted by atomic mass is 79.9. The second-order valence-electron chi connectivity index (χ2n) is 2.73. The van der Waals surface area contributed by atoms with Gasteiger partial charge in [-0.15, -0.1) is 0 Å². The highest BCUT2D eigenvalue weighted by molar-refractivity contribution is 9.10. The second kappa shape index (κ2) is 4.88. The van der Waals surface area contributed by atoms with E-state index in [2.05, 4.69) is 25.9 Å². The Balaban J connectivity index is 3.12. The molecule has 0 amide bonds. The molecule has 0 aliphatic carbocycles. The maximum Gasteiger partial charge on any atom is 0.223 e. The van der Waals surface area contributed by atoms with Crippen molar-refractivity contribution in [3.05, 3.63) is 28.2 Å². The summed E-state index contributed by atoms with van der Waals surface area (Å²) in [6, 6.07) is 1.98. The first-order valence-corrected chi connectivity index (χ1v) is 4.78. The lowest BCUT2D eigenvalue weighted by Gasteiger charge is -2.00. The number of benzene rings is 1. The molecule has 0 saturated heterocycles. The lowest BCUT2D eigenvalue weighted by molar-refractivity contribution is 0.572. The number of guanidine groups is 2. The van der Waals surface area contributed by atoms with Crippen molar-refractivity contribution in [3.63, 3.8) is 0 Å². The first-order valence-electron chi connectivity index (χ1n) is 3.98. The molecule has 0 atom stereocenters. The van der Waals surface area contributed by atoms with Crippen molar-refractivity contribution in [2.45, 2.75) is 0 Å². The molecule has 0 heterocycles. The highest BCUT2D eigenvalue weighted by Crippen LogP contribution is 2.25. The van der Waals surface area contributed by atoms with Gasteiger partial charge in [-0.3, -0.25) is 0 Å². The average Bonchev–Trinajstić information content (AvgIpc) is 2.12. The molecule has 8 heteroatoms. The summed E-state index contributed by atoms with van der Waals surface area (Å²) in [6.07, 6.45) is 0. The van der Waals surface area contributed by atoms with Gasteiger partial charge in [0.15, 0.2) is 5.96 Å². The standard InChI is InChI=1S/C8H8BrF2N5/c9-6-4(10)1-3(2-5(6)11)15-8(14)16-7(12)13/h1-2H,(H6,12,13,14,15,16). The van der Waals surface area contributed by atoms with Crippen LogP contribution in [-0.2, 0) is 0 Å². The molecule has 0 aromatic heterocycles. The maximum atomic E-state index is 13.1. The maximum absolute atomic E-state index is 13.1. The fourth-order valence-corrected chi connectivity index (χ4v) is 1.13. The van der Waals surface area contributed by atoms with E-state index in [-0.39, 0.29) is 22.1 Å². The van der Waals surface area contributed by atoms with Crippen LogP contribution in [0.3, 0.4) is 0 Å². The first-order chi connectivity index (χ1) is 7.40. The molecule has 6 N–H and O–H groups in total. The van der Waals surface area contributed by atoms with E-state index in [1.54, 1.807) is 0 Å². The summed E-state index contributed by atoms with van der Waals surface area (Å²) in [6.45, 7) is 0. The summed E-state index contributed by atoms with van der Waals surface area (Å²) >= 11 is 2.72. The highest BCUT2D eigenvalue weighted by Gasteiger charge is 2.07. The zero-order chi connectivity index (χ0) is 12.3. The third kappa shape index (κ3) is 3.16. The van der Waals surface area contributed by atoms with Crippen molar-refractivity contribution >= 4 is 33.5 Å². The van der Waals surface area contributed by atoms with E-state index in [9.17, 15) is 8.78 Å². The number of nitrogens with zero attached hydrogens (tertiary/aromatic N) is 2. The predicted molar refractivity (Wildman–Crippen MR) is 61.2 cm³/mol. The molecule has 1 aromatic rings. The lowest BCUT2D eigenvalue weighted by atomic mass is 10.3. The Morgan fingerprint density at radius 1 is 1.12 bits per heavy atom. The molecule has 0 aliphatic heterocycles.